The predicted octanol–water partition coefficient (Wildman–Crippen LogP) is 3.64. The zero-order chi connectivity index (χ0) is 27.7. The molecule has 3 aromatic carbocycles. The molecule has 13 heteroatoms. The van der Waals surface area contributed by atoms with Crippen molar-refractivity contribution >= 4 is 27.6 Å². The Balaban J connectivity index is 1.58. The molecule has 3 amide bonds. The molecule has 9 nitrogen and oxygen atoms in total. The van der Waals surface area contributed by atoms with Gasteiger partial charge in [-0.1, -0.05) is 18.2 Å². The van der Waals surface area contributed by atoms with Crippen LogP contribution in [0, 0.1) is 11.6 Å². The molecule has 1 heterocycles. The van der Waals surface area contributed by atoms with Gasteiger partial charge >= 0.3 is 12.1 Å². The van der Waals surface area contributed by atoms with E-state index in [1.54, 1.807) is 6.07 Å². The Morgan fingerprint density at radius 1 is 0.974 bits per heavy atom. The summed E-state index contributed by atoms with van der Waals surface area (Å²) in [4.78, 5) is 27.0. The normalized spacial score (nSPS) is 17.0. The van der Waals surface area contributed by atoms with Crippen molar-refractivity contribution in [3.8, 4) is 11.5 Å². The quantitative estimate of drug-likeness (QED) is 0.465. The molecule has 0 bridgehead atoms. The van der Waals surface area contributed by atoms with E-state index in [0.717, 1.165) is 24.0 Å². The second kappa shape index (κ2) is 10.2. The van der Waals surface area contributed by atoms with E-state index in [1.807, 2.05) is 4.72 Å². The number of carbonyl (C=O) groups is 2. The Kier molecular flexibility index (Phi) is 7.22. The van der Waals surface area contributed by atoms with E-state index < -0.39 is 45.7 Å². The molecule has 1 aliphatic heterocycles. The van der Waals surface area contributed by atoms with Gasteiger partial charge in [-0.05, 0) is 42.0 Å². The summed E-state index contributed by atoms with van der Waals surface area (Å²) >= 11 is 0. The summed E-state index contributed by atoms with van der Waals surface area (Å²) in [5, 5.41) is 2.26. The number of nitrogens with one attached hydrogen (secondary N) is 2. The third kappa shape index (κ3) is 6.17. The van der Waals surface area contributed by atoms with Crippen LogP contribution in [-0.2, 0) is 21.2 Å². The largest absolute Gasteiger partial charge is 0.423 e. The lowest BCUT2D eigenvalue weighted by molar-refractivity contribution is -0.173. The smallest absolute Gasteiger partial charge is 0.404 e. The maximum atomic E-state index is 14.0. The highest BCUT2D eigenvalue weighted by atomic mass is 32.2. The summed E-state index contributed by atoms with van der Waals surface area (Å²) in [6.07, 6.45) is -0.385. The van der Waals surface area contributed by atoms with Crippen LogP contribution in [0.4, 0.5) is 23.7 Å². The van der Waals surface area contributed by atoms with E-state index in [1.165, 1.54) is 49.5 Å². The van der Waals surface area contributed by atoms with Gasteiger partial charge in [0.25, 0.3) is 10.0 Å². The van der Waals surface area contributed by atoms with Gasteiger partial charge in [0.15, 0.2) is 11.5 Å². The Hall–Kier alpha value is -4.26. The highest BCUT2D eigenvalue weighted by molar-refractivity contribution is 7.90. The summed E-state index contributed by atoms with van der Waals surface area (Å²) in [7, 11) is -2.94. The minimum atomic E-state index is -4.28. The second-order valence-corrected chi connectivity index (χ2v) is 10.2. The van der Waals surface area contributed by atoms with E-state index in [2.05, 4.69) is 5.32 Å². The highest BCUT2D eigenvalue weighted by Crippen LogP contribution is 2.42. The van der Waals surface area contributed by atoms with Crippen molar-refractivity contribution < 1.29 is 40.7 Å². The van der Waals surface area contributed by atoms with Crippen molar-refractivity contribution in [3.05, 3.63) is 83.9 Å². The maximum Gasteiger partial charge on any atom is 0.404 e. The standard InChI is InChI=1S/C25H22F3N3O6S/c1-25(28)36-21-9-8-18(14-22(21)37-25)31(2)23(32)20(12-15-10-16(26)13-17(27)11-15)29-24(33)30-38(34,35)19-6-4-3-5-7-19/h3-11,13-14,20H,12H2,1-2H3,(H2,29,30,33)/t20-,25?/m0/s1. The molecular weight excluding hydrogens is 527 g/mol. The van der Waals surface area contributed by atoms with Crippen LogP contribution >= 0.6 is 0 Å². The summed E-state index contributed by atoms with van der Waals surface area (Å²) in [6, 6.07) is 8.69. The molecule has 0 fully saturated rings. The molecule has 38 heavy (non-hydrogen) atoms. The van der Waals surface area contributed by atoms with Crippen LogP contribution < -0.4 is 24.4 Å². The monoisotopic (exact) mass is 549 g/mol. The van der Waals surface area contributed by atoms with Crippen LogP contribution in [0.5, 0.6) is 11.5 Å². The van der Waals surface area contributed by atoms with Gasteiger partial charge in [0, 0.05) is 38.2 Å². The maximum absolute atomic E-state index is 14.0. The van der Waals surface area contributed by atoms with E-state index in [9.17, 15) is 31.2 Å². The lowest BCUT2D eigenvalue weighted by Crippen LogP contribution is -2.52. The Bertz CT molecular complexity index is 1460. The SMILES string of the molecule is CN(C(=O)[C@H](Cc1cc(F)cc(F)c1)NC(=O)NS(=O)(=O)c1ccccc1)c1ccc2c(c1)OC(C)(F)O2. The fourth-order valence-electron chi connectivity index (χ4n) is 3.78. The average molecular weight is 550 g/mol. The number of amides is 3. The highest BCUT2D eigenvalue weighted by Gasteiger charge is 2.37. The minimum absolute atomic E-state index is 0.0237. The zero-order valence-electron chi connectivity index (χ0n) is 20.1. The van der Waals surface area contributed by atoms with Crippen LogP contribution in [-0.4, -0.2) is 39.5 Å². The van der Waals surface area contributed by atoms with Crippen molar-refractivity contribution in [1.82, 2.24) is 10.0 Å². The summed E-state index contributed by atoms with van der Waals surface area (Å²) in [5.74, 6) is -2.45. The number of hydrogen-bond donors (Lipinski definition) is 2. The van der Waals surface area contributed by atoms with Crippen LogP contribution in [0.3, 0.4) is 0 Å². The zero-order valence-corrected chi connectivity index (χ0v) is 20.9. The van der Waals surface area contributed by atoms with E-state index in [-0.39, 0.29) is 34.1 Å². The van der Waals surface area contributed by atoms with Crippen LogP contribution in [0.2, 0.25) is 0 Å². The van der Waals surface area contributed by atoms with Gasteiger partial charge in [-0.15, -0.1) is 0 Å². The van der Waals surface area contributed by atoms with Gasteiger partial charge in [0.2, 0.25) is 5.91 Å². The first kappa shape index (κ1) is 26.8. The number of anilines is 1. The molecule has 1 unspecified atom stereocenters. The van der Waals surface area contributed by atoms with Crippen molar-refractivity contribution in [2.24, 2.45) is 0 Å². The molecule has 4 rings (SSSR count). The van der Waals surface area contributed by atoms with Crippen LogP contribution in [0.1, 0.15) is 12.5 Å². The first-order chi connectivity index (χ1) is 17.8. The number of rotatable bonds is 7. The number of alkyl halides is 1. The lowest BCUT2D eigenvalue weighted by atomic mass is 10.0. The molecule has 0 radical (unpaired) electrons. The molecular formula is C25H22F3N3O6S. The predicted molar refractivity (Wildman–Crippen MR) is 130 cm³/mol. The summed E-state index contributed by atoms with van der Waals surface area (Å²) < 4.78 is 78.6. The number of urea groups is 1. The second-order valence-electron chi connectivity index (χ2n) is 8.49. The van der Waals surface area contributed by atoms with Crippen molar-refractivity contribution in [1.29, 1.82) is 0 Å². The molecule has 0 saturated heterocycles. The van der Waals surface area contributed by atoms with Gasteiger partial charge in [-0.25, -0.2) is 26.7 Å². The summed E-state index contributed by atoms with van der Waals surface area (Å²) in [5.41, 5.74) is 0.240. The third-order valence-electron chi connectivity index (χ3n) is 5.48. The molecule has 200 valence electrons. The first-order valence-corrected chi connectivity index (χ1v) is 12.6. The number of halogens is 3. The van der Waals surface area contributed by atoms with Crippen LogP contribution in [0.25, 0.3) is 0 Å². The Labute approximate surface area is 216 Å². The van der Waals surface area contributed by atoms with Gasteiger partial charge in [-0.2, -0.15) is 4.39 Å². The van der Waals surface area contributed by atoms with Gasteiger partial charge < -0.3 is 19.7 Å². The van der Waals surface area contributed by atoms with Gasteiger partial charge in [0.1, 0.15) is 17.7 Å². The molecule has 0 aromatic heterocycles. The fourth-order valence-corrected chi connectivity index (χ4v) is 4.71. The minimum Gasteiger partial charge on any atom is -0.423 e. The molecule has 2 atom stereocenters. The number of likely N-dealkylation sites (N-methyl/N-ethyl adjacent to an activating group) is 1. The number of nitrogens with zero attached hydrogens (tertiary/aromatic N) is 1. The lowest BCUT2D eigenvalue weighted by Gasteiger charge is -2.25. The number of sulfonamides is 1. The van der Waals surface area contributed by atoms with Crippen LogP contribution in [0.15, 0.2) is 71.6 Å². The topological polar surface area (TPSA) is 114 Å². The number of benzene rings is 3. The fraction of sp³-hybridized carbons (Fsp3) is 0.200. The van der Waals surface area contributed by atoms with Crippen molar-refractivity contribution in [3.63, 3.8) is 0 Å². The molecule has 3 aromatic rings. The van der Waals surface area contributed by atoms with E-state index in [0.29, 0.717) is 6.07 Å². The number of carbonyl (C=O) groups excluding carboxylic acids is 2. The number of hydrogen-bond acceptors (Lipinski definition) is 6. The van der Waals surface area contributed by atoms with E-state index in [4.69, 9.17) is 9.47 Å². The third-order valence-corrected chi connectivity index (χ3v) is 6.82. The number of ether oxygens (including phenoxy) is 2. The molecule has 0 saturated carbocycles. The van der Waals surface area contributed by atoms with Gasteiger partial charge in [0.05, 0.1) is 4.90 Å². The Morgan fingerprint density at radius 2 is 1.61 bits per heavy atom. The molecule has 1 aliphatic rings. The van der Waals surface area contributed by atoms with Crippen molar-refractivity contribution in [2.75, 3.05) is 11.9 Å². The molecule has 0 spiro atoms. The summed E-state index contributed by atoms with van der Waals surface area (Å²) in [6.45, 7) is 1.06. The van der Waals surface area contributed by atoms with Crippen molar-refractivity contribution in [2.45, 2.75) is 30.3 Å². The first-order valence-electron chi connectivity index (χ1n) is 11.1. The van der Waals surface area contributed by atoms with Gasteiger partial charge in [-0.3, -0.25) is 4.79 Å². The molecule has 2 N–H and O–H groups in total. The van der Waals surface area contributed by atoms with E-state index >= 15 is 0 Å². The Morgan fingerprint density at radius 3 is 2.26 bits per heavy atom. The number of fused-ring (bicyclic) bond motifs is 1. The average Bonchev–Trinajstić information content (AvgIpc) is 3.15. The molecule has 0 aliphatic carbocycles.